The first-order valence-corrected chi connectivity index (χ1v) is 7.13. The molecule has 1 heterocycles. The van der Waals surface area contributed by atoms with E-state index in [-0.39, 0.29) is 0 Å². The SMILES string of the molecule is CCc1cc(CCl)cc(N(CCOC)C2CC2)n1. The fraction of sp³-hybridized carbons (Fsp3) is 0.643. The average Bonchev–Trinajstić information content (AvgIpc) is 3.23. The van der Waals surface area contributed by atoms with Crippen LogP contribution in [0.2, 0.25) is 0 Å². The van der Waals surface area contributed by atoms with Crippen molar-refractivity contribution in [2.45, 2.75) is 38.1 Å². The summed E-state index contributed by atoms with van der Waals surface area (Å²) in [5.74, 6) is 1.61. The number of halogens is 1. The molecule has 1 aliphatic rings. The highest BCUT2D eigenvalue weighted by Gasteiger charge is 2.30. The summed E-state index contributed by atoms with van der Waals surface area (Å²) in [5.41, 5.74) is 2.27. The van der Waals surface area contributed by atoms with Crippen LogP contribution in [0, 0.1) is 0 Å². The Labute approximate surface area is 114 Å². The first-order valence-electron chi connectivity index (χ1n) is 6.59. The molecule has 0 N–H and O–H groups in total. The minimum absolute atomic E-state index is 0.547. The maximum atomic E-state index is 5.96. The Morgan fingerprint density at radius 1 is 1.44 bits per heavy atom. The van der Waals surface area contributed by atoms with Gasteiger partial charge in [0.1, 0.15) is 5.82 Å². The first kappa shape index (κ1) is 13.6. The van der Waals surface area contributed by atoms with E-state index in [1.807, 2.05) is 0 Å². The molecular formula is C14H21ClN2O. The van der Waals surface area contributed by atoms with Gasteiger partial charge in [-0.3, -0.25) is 0 Å². The van der Waals surface area contributed by atoms with Gasteiger partial charge in [0.2, 0.25) is 0 Å². The van der Waals surface area contributed by atoms with Crippen molar-refractivity contribution >= 4 is 17.4 Å². The standard InChI is InChI=1S/C14H21ClN2O/c1-3-12-8-11(10-15)9-14(16-12)17(6-7-18-2)13-4-5-13/h8-9,13H,3-7,10H2,1-2H3. The molecule has 0 saturated heterocycles. The molecular weight excluding hydrogens is 248 g/mol. The Hall–Kier alpha value is -0.800. The second-order valence-corrected chi connectivity index (χ2v) is 5.00. The molecule has 0 spiro atoms. The van der Waals surface area contributed by atoms with Crippen LogP contribution in [0.15, 0.2) is 12.1 Å². The Morgan fingerprint density at radius 2 is 2.22 bits per heavy atom. The van der Waals surface area contributed by atoms with Gasteiger partial charge >= 0.3 is 0 Å². The summed E-state index contributed by atoms with van der Waals surface area (Å²) in [6.45, 7) is 3.77. The lowest BCUT2D eigenvalue weighted by molar-refractivity contribution is 0.204. The highest BCUT2D eigenvalue weighted by atomic mass is 35.5. The number of alkyl halides is 1. The fourth-order valence-electron chi connectivity index (χ4n) is 2.10. The van der Waals surface area contributed by atoms with Gasteiger partial charge < -0.3 is 9.64 Å². The van der Waals surface area contributed by atoms with Gasteiger partial charge in [-0.25, -0.2) is 4.98 Å². The van der Waals surface area contributed by atoms with E-state index in [4.69, 9.17) is 21.3 Å². The number of nitrogens with zero attached hydrogens (tertiary/aromatic N) is 2. The molecule has 0 aliphatic heterocycles. The summed E-state index contributed by atoms with van der Waals surface area (Å²) in [4.78, 5) is 7.09. The zero-order valence-electron chi connectivity index (χ0n) is 11.2. The molecule has 1 aliphatic carbocycles. The number of methoxy groups -OCH3 is 1. The van der Waals surface area contributed by atoms with Gasteiger partial charge in [-0.05, 0) is 37.0 Å². The molecule has 2 rings (SSSR count). The molecule has 100 valence electrons. The Bertz CT molecular complexity index is 371. The van der Waals surface area contributed by atoms with Gasteiger partial charge in [-0.2, -0.15) is 0 Å². The van der Waals surface area contributed by atoms with Crippen molar-refractivity contribution in [2.75, 3.05) is 25.2 Å². The Balaban J connectivity index is 2.22. The summed E-state index contributed by atoms with van der Waals surface area (Å²) in [7, 11) is 1.74. The highest BCUT2D eigenvalue weighted by Crippen LogP contribution is 2.31. The monoisotopic (exact) mass is 268 g/mol. The van der Waals surface area contributed by atoms with Crippen LogP contribution in [0.4, 0.5) is 5.82 Å². The van der Waals surface area contributed by atoms with Gasteiger partial charge in [-0.1, -0.05) is 6.92 Å². The summed E-state index contributed by atoms with van der Waals surface area (Å²) < 4.78 is 5.19. The largest absolute Gasteiger partial charge is 0.383 e. The zero-order valence-corrected chi connectivity index (χ0v) is 11.9. The molecule has 0 amide bonds. The number of ether oxygens (including phenoxy) is 1. The van der Waals surface area contributed by atoms with Crippen molar-refractivity contribution in [3.63, 3.8) is 0 Å². The maximum Gasteiger partial charge on any atom is 0.129 e. The van der Waals surface area contributed by atoms with E-state index in [2.05, 4.69) is 24.0 Å². The van der Waals surface area contributed by atoms with E-state index in [0.717, 1.165) is 36.6 Å². The van der Waals surface area contributed by atoms with E-state index < -0.39 is 0 Å². The van der Waals surface area contributed by atoms with Crippen molar-refractivity contribution in [2.24, 2.45) is 0 Å². The third-order valence-corrected chi connectivity index (χ3v) is 3.57. The van der Waals surface area contributed by atoms with Crippen LogP contribution in [0.25, 0.3) is 0 Å². The lowest BCUT2D eigenvalue weighted by atomic mass is 10.2. The van der Waals surface area contributed by atoms with E-state index in [9.17, 15) is 0 Å². The van der Waals surface area contributed by atoms with Gasteiger partial charge in [0, 0.05) is 31.3 Å². The molecule has 0 radical (unpaired) electrons. The highest BCUT2D eigenvalue weighted by molar-refractivity contribution is 6.17. The van der Waals surface area contributed by atoms with Crippen LogP contribution in [0.5, 0.6) is 0 Å². The number of rotatable bonds is 7. The predicted molar refractivity (Wildman–Crippen MR) is 75.4 cm³/mol. The molecule has 0 aromatic carbocycles. The van der Waals surface area contributed by atoms with E-state index >= 15 is 0 Å². The van der Waals surface area contributed by atoms with Gasteiger partial charge in [0.15, 0.2) is 0 Å². The minimum atomic E-state index is 0.547. The second kappa shape index (κ2) is 6.39. The lowest BCUT2D eigenvalue weighted by Crippen LogP contribution is -2.30. The molecule has 0 bridgehead atoms. The number of pyridine rings is 1. The molecule has 1 aromatic heterocycles. The van der Waals surface area contributed by atoms with Gasteiger partial charge in [-0.15, -0.1) is 11.6 Å². The third-order valence-electron chi connectivity index (χ3n) is 3.26. The Morgan fingerprint density at radius 3 is 2.78 bits per heavy atom. The van der Waals surface area contributed by atoms with Crippen molar-refractivity contribution in [1.82, 2.24) is 4.98 Å². The minimum Gasteiger partial charge on any atom is -0.383 e. The molecule has 0 unspecified atom stereocenters. The number of anilines is 1. The van der Waals surface area contributed by atoms with Crippen molar-refractivity contribution in [1.29, 1.82) is 0 Å². The predicted octanol–water partition coefficient (Wildman–Crippen LogP) is 3.00. The molecule has 1 fully saturated rings. The van der Waals surface area contributed by atoms with Crippen LogP contribution in [0.3, 0.4) is 0 Å². The fourth-order valence-corrected chi connectivity index (χ4v) is 2.25. The molecule has 1 aromatic rings. The summed E-state index contributed by atoms with van der Waals surface area (Å²) in [6, 6.07) is 4.85. The van der Waals surface area contributed by atoms with Crippen molar-refractivity contribution < 1.29 is 4.74 Å². The average molecular weight is 269 g/mol. The van der Waals surface area contributed by atoms with Crippen LogP contribution >= 0.6 is 11.6 Å². The van der Waals surface area contributed by atoms with Crippen LogP contribution in [-0.4, -0.2) is 31.3 Å². The molecule has 3 nitrogen and oxygen atoms in total. The van der Waals surface area contributed by atoms with Crippen LogP contribution < -0.4 is 4.90 Å². The third kappa shape index (κ3) is 3.36. The molecule has 1 saturated carbocycles. The lowest BCUT2D eigenvalue weighted by Gasteiger charge is -2.24. The van der Waals surface area contributed by atoms with E-state index in [1.54, 1.807) is 7.11 Å². The van der Waals surface area contributed by atoms with Crippen LogP contribution in [-0.2, 0) is 17.0 Å². The summed E-state index contributed by atoms with van der Waals surface area (Å²) in [5, 5.41) is 0. The van der Waals surface area contributed by atoms with E-state index in [0.29, 0.717) is 11.9 Å². The zero-order chi connectivity index (χ0) is 13.0. The number of hydrogen-bond donors (Lipinski definition) is 0. The van der Waals surface area contributed by atoms with Crippen molar-refractivity contribution in [3.05, 3.63) is 23.4 Å². The normalized spacial score (nSPS) is 14.8. The summed E-state index contributed by atoms with van der Waals surface area (Å²) in [6.07, 6.45) is 3.47. The van der Waals surface area contributed by atoms with Crippen LogP contribution in [0.1, 0.15) is 31.0 Å². The number of hydrogen-bond acceptors (Lipinski definition) is 3. The van der Waals surface area contributed by atoms with E-state index in [1.165, 1.54) is 12.8 Å². The van der Waals surface area contributed by atoms with Gasteiger partial charge in [0.25, 0.3) is 0 Å². The number of aromatic nitrogens is 1. The summed E-state index contributed by atoms with van der Waals surface area (Å²) >= 11 is 5.96. The quantitative estimate of drug-likeness (QED) is 0.711. The maximum absolute atomic E-state index is 5.96. The number of aryl methyl sites for hydroxylation is 1. The molecule has 0 atom stereocenters. The topological polar surface area (TPSA) is 25.4 Å². The second-order valence-electron chi connectivity index (χ2n) is 4.73. The molecule has 4 heteroatoms. The van der Waals surface area contributed by atoms with Crippen molar-refractivity contribution in [3.8, 4) is 0 Å². The smallest absolute Gasteiger partial charge is 0.129 e. The van der Waals surface area contributed by atoms with Gasteiger partial charge in [0.05, 0.1) is 6.61 Å². The Kier molecular flexibility index (Phi) is 4.84. The molecule has 18 heavy (non-hydrogen) atoms. The first-order chi connectivity index (χ1) is 8.78.